The molecular formula is C52H66Cl2P2Zr2-2. The van der Waals surface area contributed by atoms with Crippen LogP contribution < -0.4 is 35.4 Å². The Labute approximate surface area is 406 Å². The third kappa shape index (κ3) is 15.6. The third-order valence-electron chi connectivity index (χ3n) is 12.8. The molecule has 4 saturated carbocycles. The molecule has 0 aliphatic heterocycles. The minimum atomic E-state index is 0. The number of hydrogen-bond acceptors (Lipinski definition) is 0. The molecule has 0 radical (unpaired) electrons. The molecule has 0 unspecified atom stereocenters. The van der Waals surface area contributed by atoms with Crippen molar-refractivity contribution < 1.29 is 77.2 Å². The smallest absolute Gasteiger partial charge is 1.00 e. The maximum Gasteiger partial charge on any atom is 2.00 e. The zero-order valence-electron chi connectivity index (χ0n) is 34.9. The second kappa shape index (κ2) is 29.2. The molecular weight excluding hydrogens is 940 g/mol. The van der Waals surface area contributed by atoms with Crippen LogP contribution in [0.4, 0.5) is 0 Å². The summed E-state index contributed by atoms with van der Waals surface area (Å²) in [5.41, 5.74) is 4.07. The minimum Gasteiger partial charge on any atom is -1.00 e. The van der Waals surface area contributed by atoms with Crippen molar-refractivity contribution in [2.45, 2.75) is 164 Å². The average Bonchev–Trinajstić information content (AvgIpc) is 4.10. The molecule has 58 heavy (non-hydrogen) atoms. The van der Waals surface area contributed by atoms with Gasteiger partial charge in [-0.1, -0.05) is 105 Å². The molecule has 6 aliphatic carbocycles. The van der Waals surface area contributed by atoms with Crippen molar-refractivity contribution in [3.8, 4) is 0 Å². The third-order valence-corrected chi connectivity index (χ3v) is 19.8. The van der Waals surface area contributed by atoms with Crippen LogP contribution in [0.2, 0.25) is 0 Å². The van der Waals surface area contributed by atoms with Gasteiger partial charge in [-0.2, -0.15) is 24.3 Å². The zero-order valence-corrected chi connectivity index (χ0v) is 43.1. The number of benzene rings is 2. The van der Waals surface area contributed by atoms with Gasteiger partial charge in [-0.25, -0.2) is 24.3 Å². The molecule has 6 aliphatic rings. The van der Waals surface area contributed by atoms with Gasteiger partial charge in [0, 0.05) is 0 Å². The van der Waals surface area contributed by atoms with E-state index in [4.69, 9.17) is 0 Å². The van der Waals surface area contributed by atoms with E-state index in [2.05, 4.69) is 97.1 Å². The van der Waals surface area contributed by atoms with Gasteiger partial charge in [0.2, 0.25) is 0 Å². The number of rotatable bonds is 6. The van der Waals surface area contributed by atoms with Crippen molar-refractivity contribution in [1.82, 2.24) is 0 Å². The van der Waals surface area contributed by atoms with Gasteiger partial charge in [0.25, 0.3) is 0 Å². The monoisotopic (exact) mass is 1000 g/mol. The Kier molecular flexibility index (Phi) is 26.3. The quantitative estimate of drug-likeness (QED) is 0.134. The molecule has 10 rings (SSSR count). The number of fused-ring (bicyclic) bond motifs is 2. The topological polar surface area (TPSA) is 0 Å². The molecule has 308 valence electrons. The fraction of sp³-hybridized carbons (Fsp3) is 0.500. The van der Waals surface area contributed by atoms with Crippen molar-refractivity contribution in [1.29, 1.82) is 0 Å². The summed E-state index contributed by atoms with van der Waals surface area (Å²) in [6.45, 7) is 0. The molecule has 4 aromatic carbocycles. The van der Waals surface area contributed by atoms with Crippen LogP contribution in [0.25, 0.3) is 21.5 Å². The summed E-state index contributed by atoms with van der Waals surface area (Å²) in [4.78, 5) is 0. The van der Waals surface area contributed by atoms with Crippen LogP contribution in [-0.2, 0) is 52.4 Å². The largest absolute Gasteiger partial charge is 2.00 e. The second-order valence-corrected chi connectivity index (χ2v) is 22.3. The van der Waals surface area contributed by atoms with Gasteiger partial charge >= 0.3 is 52.4 Å². The first kappa shape index (κ1) is 52.2. The minimum absolute atomic E-state index is 0. The van der Waals surface area contributed by atoms with Crippen LogP contribution >= 0.6 is 15.8 Å². The van der Waals surface area contributed by atoms with Crippen molar-refractivity contribution in [3.05, 3.63) is 121 Å². The molecule has 0 bridgehead atoms. The average molecular weight is 1010 g/mol. The fourth-order valence-electron chi connectivity index (χ4n) is 10.1. The van der Waals surface area contributed by atoms with Crippen molar-refractivity contribution in [3.63, 3.8) is 0 Å². The molecule has 0 amide bonds. The first-order valence-corrected chi connectivity index (χ1v) is 25.1. The van der Waals surface area contributed by atoms with E-state index < -0.39 is 0 Å². The fourth-order valence-corrected chi connectivity index (χ4v) is 17.8. The van der Waals surface area contributed by atoms with Gasteiger partial charge < -0.3 is 24.8 Å². The second-order valence-electron chi connectivity index (χ2n) is 16.7. The molecule has 0 spiro atoms. The van der Waals surface area contributed by atoms with Crippen LogP contribution in [0, 0.1) is 12.2 Å². The predicted molar refractivity (Wildman–Crippen MR) is 243 cm³/mol. The molecule has 0 saturated heterocycles. The maximum absolute atomic E-state index is 2.99. The van der Waals surface area contributed by atoms with Gasteiger partial charge in [0.15, 0.2) is 0 Å². The first-order chi connectivity index (χ1) is 26.8. The Morgan fingerprint density at radius 3 is 0.983 bits per heavy atom. The summed E-state index contributed by atoms with van der Waals surface area (Å²) < 4.78 is 0. The van der Waals surface area contributed by atoms with Crippen LogP contribution in [0.5, 0.6) is 0 Å². The van der Waals surface area contributed by atoms with E-state index in [1.807, 2.05) is 24.3 Å². The van der Waals surface area contributed by atoms with E-state index in [-0.39, 0.29) is 93.1 Å². The Hall–Kier alpha value is -0.174. The van der Waals surface area contributed by atoms with Crippen LogP contribution in [0.15, 0.2) is 109 Å². The summed E-state index contributed by atoms with van der Waals surface area (Å²) >= 11 is 0. The predicted octanol–water partition coefficient (Wildman–Crippen LogP) is 9.28. The summed E-state index contributed by atoms with van der Waals surface area (Å²) in [5, 5.41) is 9.34. The molecule has 6 heteroatoms. The molecule has 4 aromatic rings. The molecule has 0 heterocycles. The van der Waals surface area contributed by atoms with E-state index in [0.717, 1.165) is 35.5 Å². The Bertz CT molecular complexity index is 1540. The van der Waals surface area contributed by atoms with Crippen molar-refractivity contribution >= 4 is 48.0 Å². The molecule has 0 aromatic heterocycles. The van der Waals surface area contributed by atoms with E-state index in [9.17, 15) is 0 Å². The molecule has 0 atom stereocenters. The van der Waals surface area contributed by atoms with E-state index >= 15 is 0 Å². The Morgan fingerprint density at radius 1 is 0.431 bits per heavy atom. The number of hydrogen-bond donors (Lipinski definition) is 0. The summed E-state index contributed by atoms with van der Waals surface area (Å²) in [7, 11) is 0.122. The van der Waals surface area contributed by atoms with Crippen LogP contribution in [0.1, 0.15) is 141 Å². The van der Waals surface area contributed by atoms with Gasteiger partial charge in [-0.3, -0.25) is 12.2 Å². The zero-order chi connectivity index (χ0) is 36.6. The van der Waals surface area contributed by atoms with E-state index in [1.165, 1.54) is 150 Å². The summed E-state index contributed by atoms with van der Waals surface area (Å²) in [5.74, 6) is 0. The number of halogens is 2. The maximum atomic E-state index is 2.99. The first-order valence-electron chi connectivity index (χ1n) is 22.1. The van der Waals surface area contributed by atoms with Crippen LogP contribution in [-0.4, -0.2) is 22.6 Å². The summed E-state index contributed by atoms with van der Waals surface area (Å²) in [6.07, 6.45) is 49.8. The molecule has 0 N–H and O–H groups in total. The molecule has 4 fully saturated rings. The Balaban J connectivity index is 0.000000237. The van der Waals surface area contributed by atoms with Crippen molar-refractivity contribution in [2.75, 3.05) is 0 Å². The van der Waals surface area contributed by atoms with Gasteiger partial charge in [-0.05, 0) is 74.0 Å². The van der Waals surface area contributed by atoms with Gasteiger partial charge in [-0.15, -0.1) is 93.5 Å². The van der Waals surface area contributed by atoms with E-state index in [0.29, 0.717) is 0 Å². The van der Waals surface area contributed by atoms with Crippen LogP contribution in [0.3, 0.4) is 0 Å². The normalized spacial score (nSPS) is 19.5. The SMILES string of the molecule is [C-]1=CC=CC1.[C-]1=CC=CC1.[Cl-].[Cl-].[Zr+2].[Zr+2].c1ccc2[cH-]c(P(C3CCCCC3)C3CCCCC3)cc2c1.c1ccc2[cH-]c(P(C3CCCCC3)C3CCCCC3)cc2c1. The standard InChI is InChI=1S/2C21H28P.2C5H5.2ClH.2Zr/c2*1-3-11-19(12-4-1)22(20-13-5-2-6-14-20)21-15-17-9-7-8-10-18(17)16-21;2*1-2-4-5-3-1;;;;/h2*7-10,15-16,19-20H,1-6,11-14H2;2*1-3H,4H2;2*1H;;/q4*-1;;;2*+2/p-2. The van der Waals surface area contributed by atoms with Crippen molar-refractivity contribution in [2.24, 2.45) is 0 Å². The number of allylic oxidation sites excluding steroid dienone is 8. The van der Waals surface area contributed by atoms with E-state index in [1.54, 1.807) is 10.6 Å². The van der Waals surface area contributed by atoms with Gasteiger partial charge in [0.05, 0.1) is 0 Å². The summed E-state index contributed by atoms with van der Waals surface area (Å²) in [6, 6.07) is 28.1. The molecule has 0 nitrogen and oxygen atoms in total. The Morgan fingerprint density at radius 2 is 0.741 bits per heavy atom. The van der Waals surface area contributed by atoms with Gasteiger partial charge in [0.1, 0.15) is 0 Å².